The highest BCUT2D eigenvalue weighted by atomic mass is 16.7. The minimum Gasteiger partial charge on any atom is -0.497 e. The quantitative estimate of drug-likeness (QED) is 0.309. The van der Waals surface area contributed by atoms with E-state index in [1.165, 1.54) is 5.56 Å². The fourth-order valence-electron chi connectivity index (χ4n) is 3.17. The molecule has 0 radical (unpaired) electrons. The molecule has 5 nitrogen and oxygen atoms in total. The Morgan fingerprint density at radius 2 is 1.52 bits per heavy atom. The second kappa shape index (κ2) is 14.0. The molecule has 5 heteroatoms. The lowest BCUT2D eigenvalue weighted by molar-refractivity contribution is -0.0742. The van der Waals surface area contributed by atoms with Crippen LogP contribution >= 0.6 is 0 Å². The fourth-order valence-corrected chi connectivity index (χ4v) is 3.17. The van der Waals surface area contributed by atoms with Crippen LogP contribution < -0.4 is 9.47 Å². The zero-order valence-corrected chi connectivity index (χ0v) is 17.9. The maximum atomic E-state index is 5.89. The standard InChI is InChI=1S/C24H34O5/c1-25-19-29-22(14-21-15-23(26-2)17-24(16-21)27-3)12-8-5-9-13-28-18-20-10-6-4-7-11-20/h4,6-7,10-11,15-17,22H,5,8-9,12-14,18-19H2,1-3H3/t22-/m1/s1. The molecule has 0 aliphatic rings. The molecule has 0 unspecified atom stereocenters. The van der Waals surface area contributed by atoms with Crippen LogP contribution in [-0.4, -0.2) is 40.8 Å². The molecule has 0 fully saturated rings. The van der Waals surface area contributed by atoms with Crippen LogP contribution in [0.1, 0.15) is 36.8 Å². The normalized spacial score (nSPS) is 12.0. The SMILES string of the molecule is COCO[C@H](CCCCCOCc1ccccc1)Cc1cc(OC)cc(OC)c1. The van der Waals surface area contributed by atoms with Gasteiger partial charge >= 0.3 is 0 Å². The lowest BCUT2D eigenvalue weighted by Gasteiger charge is -2.18. The molecule has 2 aromatic carbocycles. The van der Waals surface area contributed by atoms with Crippen LogP contribution in [0.5, 0.6) is 11.5 Å². The smallest absolute Gasteiger partial charge is 0.146 e. The van der Waals surface area contributed by atoms with Gasteiger partial charge in [-0.2, -0.15) is 0 Å². The van der Waals surface area contributed by atoms with Crippen molar-refractivity contribution in [2.75, 3.05) is 34.7 Å². The van der Waals surface area contributed by atoms with Crippen molar-refractivity contribution in [3.8, 4) is 11.5 Å². The molecule has 0 amide bonds. The highest BCUT2D eigenvalue weighted by Gasteiger charge is 2.12. The maximum Gasteiger partial charge on any atom is 0.146 e. The van der Waals surface area contributed by atoms with Crippen LogP contribution in [0.3, 0.4) is 0 Å². The molecule has 0 spiro atoms. The molecule has 2 aromatic rings. The highest BCUT2D eigenvalue weighted by Crippen LogP contribution is 2.24. The van der Waals surface area contributed by atoms with Crippen LogP contribution in [0.15, 0.2) is 48.5 Å². The van der Waals surface area contributed by atoms with Gasteiger partial charge in [0.1, 0.15) is 18.3 Å². The van der Waals surface area contributed by atoms with E-state index >= 15 is 0 Å². The number of benzene rings is 2. The number of hydrogen-bond donors (Lipinski definition) is 0. The van der Waals surface area contributed by atoms with Gasteiger partial charge in [-0.25, -0.2) is 0 Å². The average molecular weight is 403 g/mol. The third-order valence-electron chi connectivity index (χ3n) is 4.72. The number of ether oxygens (including phenoxy) is 5. The summed E-state index contributed by atoms with van der Waals surface area (Å²) in [7, 11) is 4.98. The molecule has 0 aliphatic heterocycles. The Morgan fingerprint density at radius 1 is 0.793 bits per heavy atom. The van der Waals surface area contributed by atoms with E-state index in [-0.39, 0.29) is 6.10 Å². The largest absolute Gasteiger partial charge is 0.497 e. The van der Waals surface area contributed by atoms with E-state index in [0.29, 0.717) is 13.4 Å². The van der Waals surface area contributed by atoms with Gasteiger partial charge < -0.3 is 23.7 Å². The Hall–Kier alpha value is -2.08. The van der Waals surface area contributed by atoms with Crippen LogP contribution in [-0.2, 0) is 27.2 Å². The minimum absolute atomic E-state index is 0.0944. The maximum absolute atomic E-state index is 5.89. The number of methoxy groups -OCH3 is 3. The minimum atomic E-state index is 0.0944. The lowest BCUT2D eigenvalue weighted by Crippen LogP contribution is -2.18. The summed E-state index contributed by atoms with van der Waals surface area (Å²) in [6, 6.07) is 16.2. The molecule has 0 heterocycles. The van der Waals surface area contributed by atoms with Crippen molar-refractivity contribution in [1.29, 1.82) is 0 Å². The van der Waals surface area contributed by atoms with Gasteiger partial charge in [-0.05, 0) is 42.5 Å². The first-order valence-electron chi connectivity index (χ1n) is 10.2. The molecule has 29 heavy (non-hydrogen) atoms. The van der Waals surface area contributed by atoms with Crippen molar-refractivity contribution in [2.45, 2.75) is 44.8 Å². The van der Waals surface area contributed by atoms with E-state index in [4.69, 9.17) is 23.7 Å². The molecular formula is C24H34O5. The monoisotopic (exact) mass is 402 g/mol. The van der Waals surface area contributed by atoms with Crippen LogP contribution in [0, 0.1) is 0 Å². The third kappa shape index (κ3) is 9.31. The summed E-state index contributed by atoms with van der Waals surface area (Å²) in [5.41, 5.74) is 2.35. The predicted molar refractivity (Wildman–Crippen MR) is 115 cm³/mol. The first-order chi connectivity index (χ1) is 14.2. The van der Waals surface area contributed by atoms with Crippen molar-refractivity contribution >= 4 is 0 Å². The van der Waals surface area contributed by atoms with Crippen molar-refractivity contribution in [2.24, 2.45) is 0 Å². The van der Waals surface area contributed by atoms with E-state index in [1.807, 2.05) is 36.4 Å². The van der Waals surface area contributed by atoms with Crippen LogP contribution in [0.4, 0.5) is 0 Å². The van der Waals surface area contributed by atoms with Gasteiger partial charge in [-0.3, -0.25) is 0 Å². The molecule has 2 rings (SSSR count). The first-order valence-corrected chi connectivity index (χ1v) is 10.2. The van der Waals surface area contributed by atoms with E-state index < -0.39 is 0 Å². The fraction of sp³-hybridized carbons (Fsp3) is 0.500. The lowest BCUT2D eigenvalue weighted by atomic mass is 10.0. The van der Waals surface area contributed by atoms with Gasteiger partial charge in [0.15, 0.2) is 0 Å². The number of hydrogen-bond acceptors (Lipinski definition) is 5. The molecule has 0 aliphatic carbocycles. The van der Waals surface area contributed by atoms with E-state index in [2.05, 4.69) is 12.1 Å². The van der Waals surface area contributed by atoms with E-state index in [1.54, 1.807) is 21.3 Å². The topological polar surface area (TPSA) is 46.2 Å². The van der Waals surface area contributed by atoms with Crippen molar-refractivity contribution in [1.82, 2.24) is 0 Å². The molecule has 1 atom stereocenters. The van der Waals surface area contributed by atoms with Crippen molar-refractivity contribution in [3.05, 3.63) is 59.7 Å². The highest BCUT2D eigenvalue weighted by molar-refractivity contribution is 5.38. The van der Waals surface area contributed by atoms with E-state index in [9.17, 15) is 0 Å². The molecular weight excluding hydrogens is 368 g/mol. The van der Waals surface area contributed by atoms with Gasteiger partial charge in [0.25, 0.3) is 0 Å². The Labute approximate surface area is 174 Å². The Kier molecular flexibility index (Phi) is 11.2. The number of unbranched alkanes of at least 4 members (excludes halogenated alkanes) is 2. The third-order valence-corrected chi connectivity index (χ3v) is 4.72. The molecule has 160 valence electrons. The summed E-state index contributed by atoms with van der Waals surface area (Å²) in [4.78, 5) is 0. The van der Waals surface area contributed by atoms with Crippen molar-refractivity contribution < 1.29 is 23.7 Å². The Bertz CT molecular complexity index is 652. The summed E-state index contributed by atoms with van der Waals surface area (Å²) in [5.74, 6) is 1.58. The summed E-state index contributed by atoms with van der Waals surface area (Å²) in [5, 5.41) is 0. The molecule has 0 saturated heterocycles. The summed E-state index contributed by atoms with van der Waals surface area (Å²) in [6.07, 6.45) is 5.12. The Morgan fingerprint density at radius 3 is 2.17 bits per heavy atom. The van der Waals surface area contributed by atoms with Crippen molar-refractivity contribution in [3.63, 3.8) is 0 Å². The summed E-state index contributed by atoms with van der Waals surface area (Å²) < 4.78 is 27.5. The van der Waals surface area contributed by atoms with Crippen LogP contribution in [0.2, 0.25) is 0 Å². The van der Waals surface area contributed by atoms with Gasteiger partial charge in [0.2, 0.25) is 0 Å². The van der Waals surface area contributed by atoms with Gasteiger partial charge in [0, 0.05) is 19.8 Å². The van der Waals surface area contributed by atoms with Crippen LogP contribution in [0.25, 0.3) is 0 Å². The zero-order valence-electron chi connectivity index (χ0n) is 17.9. The number of rotatable bonds is 15. The molecule has 0 bridgehead atoms. The zero-order chi connectivity index (χ0) is 20.7. The van der Waals surface area contributed by atoms with Gasteiger partial charge in [-0.1, -0.05) is 43.2 Å². The first kappa shape index (κ1) is 23.2. The average Bonchev–Trinajstić information content (AvgIpc) is 2.76. The summed E-state index contributed by atoms with van der Waals surface area (Å²) >= 11 is 0. The second-order valence-electron chi connectivity index (χ2n) is 7.01. The second-order valence-corrected chi connectivity index (χ2v) is 7.01. The van der Waals surface area contributed by atoms with Gasteiger partial charge in [0.05, 0.1) is 26.9 Å². The molecule has 0 saturated carbocycles. The van der Waals surface area contributed by atoms with E-state index in [0.717, 1.165) is 55.8 Å². The Balaban J connectivity index is 1.72. The molecule has 0 N–H and O–H groups in total. The molecule has 0 aromatic heterocycles. The summed E-state index contributed by atoms with van der Waals surface area (Å²) in [6.45, 7) is 1.76. The predicted octanol–water partition coefficient (Wildman–Crippen LogP) is 5.01. The van der Waals surface area contributed by atoms with Gasteiger partial charge in [-0.15, -0.1) is 0 Å².